The third-order valence-corrected chi connectivity index (χ3v) is 4.86. The number of aryl methyl sites for hydroxylation is 1. The first-order valence-corrected chi connectivity index (χ1v) is 8.46. The lowest BCUT2D eigenvalue weighted by Crippen LogP contribution is -2.19. The molecule has 8 heteroatoms. The second-order valence-electron chi connectivity index (χ2n) is 4.98. The Balaban J connectivity index is 1.90. The number of amides is 1. The molecule has 0 aliphatic carbocycles. The Morgan fingerprint density at radius 1 is 1.13 bits per heavy atom. The van der Waals surface area contributed by atoms with Crippen LogP contribution in [-0.2, 0) is 21.3 Å². The Hall–Kier alpha value is -2.12. The van der Waals surface area contributed by atoms with Crippen molar-refractivity contribution in [3.63, 3.8) is 0 Å². The summed E-state index contributed by atoms with van der Waals surface area (Å²) in [4.78, 5) is 10.7. The monoisotopic (exact) mass is 355 g/mol. The molecule has 5 nitrogen and oxygen atoms in total. The Morgan fingerprint density at radius 3 is 2.65 bits per heavy atom. The highest BCUT2D eigenvalue weighted by Gasteiger charge is 2.23. The quantitative estimate of drug-likeness (QED) is 0.858. The van der Waals surface area contributed by atoms with E-state index in [1.807, 2.05) is 0 Å². The van der Waals surface area contributed by atoms with E-state index in [1.165, 1.54) is 18.2 Å². The van der Waals surface area contributed by atoms with Crippen LogP contribution in [0.1, 0.15) is 12.0 Å². The summed E-state index contributed by atoms with van der Waals surface area (Å²) in [5.41, 5.74) is 1.37. The first-order valence-electron chi connectivity index (χ1n) is 6.67. The molecule has 1 heterocycles. The van der Waals surface area contributed by atoms with Crippen LogP contribution in [0, 0.1) is 5.82 Å². The van der Waals surface area contributed by atoms with E-state index >= 15 is 0 Å². The van der Waals surface area contributed by atoms with Gasteiger partial charge in [-0.3, -0.25) is 4.79 Å². The van der Waals surface area contributed by atoms with Gasteiger partial charge in [0.05, 0.1) is 0 Å². The molecule has 0 saturated heterocycles. The van der Waals surface area contributed by atoms with Crippen LogP contribution in [0.4, 0.5) is 10.1 Å². The van der Waals surface area contributed by atoms with Gasteiger partial charge in [0.2, 0.25) is 5.91 Å². The van der Waals surface area contributed by atoms with Gasteiger partial charge in [-0.15, -0.1) is 0 Å². The number of nitrogens with one attached hydrogen (secondary N) is 1. The van der Waals surface area contributed by atoms with Gasteiger partial charge in [0.1, 0.15) is 16.5 Å². The third-order valence-electron chi connectivity index (χ3n) is 3.34. The summed E-state index contributed by atoms with van der Waals surface area (Å²) < 4.78 is 43.1. The van der Waals surface area contributed by atoms with Gasteiger partial charge in [0.15, 0.2) is 0 Å². The molecule has 1 aliphatic heterocycles. The van der Waals surface area contributed by atoms with Gasteiger partial charge >= 0.3 is 10.1 Å². The molecule has 1 N–H and O–H groups in total. The minimum atomic E-state index is -4.32. The topological polar surface area (TPSA) is 72.5 Å². The van der Waals surface area contributed by atoms with Crippen molar-refractivity contribution in [1.29, 1.82) is 0 Å². The molecule has 0 unspecified atom stereocenters. The molecule has 23 heavy (non-hydrogen) atoms. The Morgan fingerprint density at radius 2 is 1.91 bits per heavy atom. The van der Waals surface area contributed by atoms with E-state index in [4.69, 9.17) is 15.8 Å². The second-order valence-corrected chi connectivity index (χ2v) is 6.93. The summed E-state index contributed by atoms with van der Waals surface area (Å²) in [7, 11) is -4.32. The van der Waals surface area contributed by atoms with Crippen molar-refractivity contribution in [1.82, 2.24) is 0 Å². The summed E-state index contributed by atoms with van der Waals surface area (Å²) >= 11 is 5.61. The molecule has 0 fully saturated rings. The average Bonchev–Trinajstić information content (AvgIpc) is 2.46. The third kappa shape index (κ3) is 3.30. The van der Waals surface area contributed by atoms with E-state index in [0.717, 1.165) is 17.7 Å². The second kappa shape index (κ2) is 5.82. The largest absolute Gasteiger partial charge is 0.379 e. The molecular formula is C15H11ClFNO4S. The Kier molecular flexibility index (Phi) is 3.99. The van der Waals surface area contributed by atoms with Gasteiger partial charge in [0.25, 0.3) is 0 Å². The van der Waals surface area contributed by atoms with Crippen molar-refractivity contribution in [2.45, 2.75) is 17.7 Å². The molecule has 0 aromatic heterocycles. The number of carbonyl (C=O) groups excluding carboxylic acids is 1. The fourth-order valence-corrected chi connectivity index (χ4v) is 3.40. The maximum atomic E-state index is 13.8. The Bertz CT molecular complexity index is 898. The molecule has 0 spiro atoms. The first kappa shape index (κ1) is 15.8. The van der Waals surface area contributed by atoms with E-state index in [0.29, 0.717) is 18.5 Å². The van der Waals surface area contributed by atoms with E-state index < -0.39 is 20.8 Å². The van der Waals surface area contributed by atoms with Crippen molar-refractivity contribution in [3.8, 4) is 5.75 Å². The van der Waals surface area contributed by atoms with E-state index in [9.17, 15) is 17.6 Å². The van der Waals surface area contributed by atoms with Gasteiger partial charge < -0.3 is 9.50 Å². The van der Waals surface area contributed by atoms with Gasteiger partial charge in [0, 0.05) is 17.1 Å². The van der Waals surface area contributed by atoms with Crippen LogP contribution in [0.2, 0.25) is 5.02 Å². The number of rotatable bonds is 3. The molecule has 3 rings (SSSR count). The van der Waals surface area contributed by atoms with Crippen LogP contribution in [-0.4, -0.2) is 14.3 Å². The first-order chi connectivity index (χ1) is 10.8. The highest BCUT2D eigenvalue weighted by molar-refractivity contribution is 7.87. The number of halogens is 2. The maximum absolute atomic E-state index is 13.8. The molecule has 1 aliphatic rings. The van der Waals surface area contributed by atoms with Gasteiger partial charge in [-0.05, 0) is 48.4 Å². The lowest BCUT2D eigenvalue weighted by Gasteiger charge is -2.17. The molecule has 0 bridgehead atoms. The summed E-state index contributed by atoms with van der Waals surface area (Å²) in [6, 6.07) is 7.68. The molecule has 0 saturated carbocycles. The minimum absolute atomic E-state index is 0.0502. The van der Waals surface area contributed by atoms with Gasteiger partial charge in [-0.25, -0.2) is 4.39 Å². The van der Waals surface area contributed by atoms with Crippen molar-refractivity contribution >= 4 is 33.3 Å². The number of fused-ring (bicyclic) bond motifs is 1. The minimum Gasteiger partial charge on any atom is -0.379 e. The van der Waals surface area contributed by atoms with Crippen LogP contribution >= 0.6 is 11.6 Å². The van der Waals surface area contributed by atoms with Crippen LogP contribution in [0.25, 0.3) is 0 Å². The maximum Gasteiger partial charge on any atom is 0.342 e. The van der Waals surface area contributed by atoms with Crippen molar-refractivity contribution in [3.05, 3.63) is 52.8 Å². The molecule has 0 radical (unpaired) electrons. The lowest BCUT2D eigenvalue weighted by atomic mass is 10.0. The van der Waals surface area contributed by atoms with Crippen LogP contribution in [0.3, 0.4) is 0 Å². The number of carbonyl (C=O) groups is 1. The van der Waals surface area contributed by atoms with Crippen molar-refractivity contribution in [2.75, 3.05) is 5.32 Å². The summed E-state index contributed by atoms with van der Waals surface area (Å²) in [6.45, 7) is 0. The van der Waals surface area contributed by atoms with Crippen LogP contribution < -0.4 is 9.50 Å². The van der Waals surface area contributed by atoms with E-state index in [2.05, 4.69) is 5.32 Å². The molecule has 1 amide bonds. The summed E-state index contributed by atoms with van der Waals surface area (Å²) in [5.74, 6) is -1.03. The highest BCUT2D eigenvalue weighted by atomic mass is 35.5. The van der Waals surface area contributed by atoms with Crippen molar-refractivity contribution < 1.29 is 21.8 Å². The van der Waals surface area contributed by atoms with E-state index in [1.54, 1.807) is 6.07 Å². The van der Waals surface area contributed by atoms with Gasteiger partial charge in [-0.1, -0.05) is 11.6 Å². The molecule has 0 atom stereocenters. The highest BCUT2D eigenvalue weighted by Crippen LogP contribution is 2.29. The fraction of sp³-hybridized carbons (Fsp3) is 0.133. The lowest BCUT2D eigenvalue weighted by molar-refractivity contribution is -0.116. The average molecular weight is 356 g/mol. The number of hydrogen-bond donors (Lipinski definition) is 1. The van der Waals surface area contributed by atoms with Crippen molar-refractivity contribution in [2.24, 2.45) is 0 Å². The normalized spacial score (nSPS) is 14.1. The molecular weight excluding hydrogens is 345 g/mol. The summed E-state index contributed by atoms with van der Waals surface area (Å²) in [5, 5.41) is 2.77. The standard InChI is InChI=1S/C15H11ClFNO4S/c16-10-2-5-14(12(17)8-10)23(20,21)22-11-3-4-13-9(7-11)1-6-15(19)18-13/h2-5,7-8H,1,6H2,(H,18,19). The molecule has 2 aromatic carbocycles. The van der Waals surface area contributed by atoms with Crippen LogP contribution in [0.5, 0.6) is 5.75 Å². The molecule has 2 aromatic rings. The number of benzene rings is 2. The zero-order valence-corrected chi connectivity index (χ0v) is 13.2. The SMILES string of the molecule is O=C1CCc2cc(OS(=O)(=O)c3ccc(Cl)cc3F)ccc2N1. The predicted molar refractivity (Wildman–Crippen MR) is 82.6 cm³/mol. The zero-order chi connectivity index (χ0) is 16.6. The molecule has 120 valence electrons. The van der Waals surface area contributed by atoms with E-state index in [-0.39, 0.29) is 16.7 Å². The fourth-order valence-electron chi connectivity index (χ4n) is 2.26. The smallest absolute Gasteiger partial charge is 0.342 e. The van der Waals surface area contributed by atoms with Gasteiger partial charge in [-0.2, -0.15) is 8.42 Å². The Labute approximate surface area is 137 Å². The summed E-state index contributed by atoms with van der Waals surface area (Å²) in [6.07, 6.45) is 0.794. The zero-order valence-electron chi connectivity index (χ0n) is 11.7. The predicted octanol–water partition coefficient (Wildman–Crippen LogP) is 3.13. The number of anilines is 1. The number of hydrogen-bond acceptors (Lipinski definition) is 4. The van der Waals surface area contributed by atoms with Crippen LogP contribution in [0.15, 0.2) is 41.3 Å².